The molecule has 1 rings (SSSR count). The van der Waals surface area contributed by atoms with Gasteiger partial charge in [-0.25, -0.2) is 0 Å². The summed E-state index contributed by atoms with van der Waals surface area (Å²) in [6.45, 7) is 6.78. The van der Waals surface area contributed by atoms with Gasteiger partial charge in [0.2, 0.25) is 0 Å². The molecule has 0 radical (unpaired) electrons. The normalized spacial score (nSPS) is 10.3. The number of hydrogen-bond acceptors (Lipinski definition) is 3. The number of carbonyl (C=O) groups is 1. The first-order valence-electron chi connectivity index (χ1n) is 5.75. The maximum atomic E-state index is 11.7. The SMILES string of the molecule is Cc1cc(C(=O)NNC(=S)NCC(C)C)nn1C. The second-order valence-corrected chi connectivity index (χ2v) is 4.89. The predicted octanol–water partition coefficient (Wildman–Crippen LogP) is 0.493. The number of carbonyl (C=O) groups excluding carboxylic acids is 1. The summed E-state index contributed by atoms with van der Waals surface area (Å²) < 4.78 is 1.64. The zero-order valence-corrected chi connectivity index (χ0v) is 11.9. The van der Waals surface area contributed by atoms with Crippen LogP contribution in [0, 0.1) is 12.8 Å². The van der Waals surface area contributed by atoms with Crippen molar-refractivity contribution in [3.63, 3.8) is 0 Å². The van der Waals surface area contributed by atoms with Gasteiger partial charge < -0.3 is 5.32 Å². The molecule has 0 atom stereocenters. The molecule has 0 bridgehead atoms. The van der Waals surface area contributed by atoms with E-state index in [0.29, 0.717) is 16.7 Å². The Morgan fingerprint density at radius 2 is 2.17 bits per heavy atom. The van der Waals surface area contributed by atoms with Gasteiger partial charge in [0.1, 0.15) is 0 Å². The Hall–Kier alpha value is -1.63. The van der Waals surface area contributed by atoms with E-state index in [2.05, 4.69) is 35.1 Å². The van der Waals surface area contributed by atoms with E-state index in [0.717, 1.165) is 12.2 Å². The van der Waals surface area contributed by atoms with E-state index in [1.165, 1.54) is 0 Å². The van der Waals surface area contributed by atoms with Gasteiger partial charge in [-0.2, -0.15) is 5.10 Å². The average molecular weight is 269 g/mol. The van der Waals surface area contributed by atoms with E-state index in [4.69, 9.17) is 12.2 Å². The second-order valence-electron chi connectivity index (χ2n) is 4.48. The number of hydrazine groups is 1. The third-order valence-corrected chi connectivity index (χ3v) is 2.55. The van der Waals surface area contributed by atoms with Crippen LogP contribution in [0.15, 0.2) is 6.07 Å². The van der Waals surface area contributed by atoms with Crippen molar-refractivity contribution in [3.05, 3.63) is 17.5 Å². The van der Waals surface area contributed by atoms with Crippen LogP contribution in [0.4, 0.5) is 0 Å². The minimum Gasteiger partial charge on any atom is -0.361 e. The lowest BCUT2D eigenvalue weighted by Crippen LogP contribution is -2.47. The summed E-state index contributed by atoms with van der Waals surface area (Å²) in [4.78, 5) is 11.7. The highest BCUT2D eigenvalue weighted by atomic mass is 32.1. The molecule has 18 heavy (non-hydrogen) atoms. The fraction of sp³-hybridized carbons (Fsp3) is 0.545. The molecule has 0 saturated heterocycles. The van der Waals surface area contributed by atoms with Crippen LogP contribution in [0.5, 0.6) is 0 Å². The molecule has 3 N–H and O–H groups in total. The van der Waals surface area contributed by atoms with Gasteiger partial charge in [-0.15, -0.1) is 0 Å². The molecule has 0 aromatic carbocycles. The molecule has 1 aromatic heterocycles. The van der Waals surface area contributed by atoms with E-state index in [1.807, 2.05) is 6.92 Å². The van der Waals surface area contributed by atoms with Gasteiger partial charge in [-0.1, -0.05) is 13.8 Å². The zero-order chi connectivity index (χ0) is 13.7. The Kier molecular flexibility index (Phi) is 5.08. The largest absolute Gasteiger partial charge is 0.361 e. The maximum absolute atomic E-state index is 11.7. The Morgan fingerprint density at radius 3 is 2.67 bits per heavy atom. The number of thiocarbonyl (C=S) groups is 1. The van der Waals surface area contributed by atoms with Crippen LogP contribution in [0.25, 0.3) is 0 Å². The number of rotatable bonds is 3. The molecular formula is C11H19N5OS. The highest BCUT2D eigenvalue weighted by Gasteiger charge is 2.10. The van der Waals surface area contributed by atoms with Crippen LogP contribution in [0.3, 0.4) is 0 Å². The predicted molar refractivity (Wildman–Crippen MR) is 74.0 cm³/mol. The Labute approximate surface area is 112 Å². The molecule has 0 unspecified atom stereocenters. The molecule has 0 aliphatic carbocycles. The summed E-state index contributed by atoms with van der Waals surface area (Å²) in [5.41, 5.74) is 6.40. The van der Waals surface area contributed by atoms with Crippen molar-refractivity contribution in [1.82, 2.24) is 25.9 Å². The van der Waals surface area contributed by atoms with Gasteiger partial charge >= 0.3 is 0 Å². The van der Waals surface area contributed by atoms with Crippen LogP contribution in [0.2, 0.25) is 0 Å². The number of nitrogens with zero attached hydrogens (tertiary/aromatic N) is 2. The van der Waals surface area contributed by atoms with E-state index < -0.39 is 0 Å². The van der Waals surface area contributed by atoms with E-state index in [1.54, 1.807) is 17.8 Å². The van der Waals surface area contributed by atoms with Gasteiger partial charge in [-0.05, 0) is 31.1 Å². The van der Waals surface area contributed by atoms with E-state index >= 15 is 0 Å². The summed E-state index contributed by atoms with van der Waals surface area (Å²) in [7, 11) is 1.79. The average Bonchev–Trinajstić information content (AvgIpc) is 2.64. The molecule has 0 fully saturated rings. The Balaban J connectivity index is 2.39. The Bertz CT molecular complexity index is 421. The van der Waals surface area contributed by atoms with Crippen molar-refractivity contribution in [3.8, 4) is 0 Å². The molecule has 1 heterocycles. The second kappa shape index (κ2) is 6.34. The Morgan fingerprint density at radius 1 is 1.50 bits per heavy atom. The summed E-state index contributed by atoms with van der Waals surface area (Å²) in [6.07, 6.45) is 0. The van der Waals surface area contributed by atoms with Crippen LogP contribution in [-0.4, -0.2) is 27.3 Å². The first kappa shape index (κ1) is 14.4. The molecule has 0 aliphatic rings. The lowest BCUT2D eigenvalue weighted by molar-refractivity contribution is 0.0938. The van der Waals surface area contributed by atoms with Crippen LogP contribution >= 0.6 is 12.2 Å². The number of nitrogens with one attached hydrogen (secondary N) is 3. The first-order chi connectivity index (χ1) is 8.40. The zero-order valence-electron chi connectivity index (χ0n) is 11.1. The molecule has 7 heteroatoms. The smallest absolute Gasteiger partial charge is 0.290 e. The van der Waals surface area contributed by atoms with Crippen molar-refractivity contribution in [2.24, 2.45) is 13.0 Å². The fourth-order valence-corrected chi connectivity index (χ4v) is 1.32. The third kappa shape index (κ3) is 4.33. The van der Waals surface area contributed by atoms with Crippen molar-refractivity contribution in [2.75, 3.05) is 6.54 Å². The molecule has 1 aromatic rings. The van der Waals surface area contributed by atoms with Gasteiger partial charge in [-0.3, -0.25) is 20.3 Å². The lowest BCUT2D eigenvalue weighted by atomic mass is 10.2. The van der Waals surface area contributed by atoms with Gasteiger partial charge in [0.05, 0.1) is 0 Å². The summed E-state index contributed by atoms with van der Waals surface area (Å²) in [5.74, 6) is 0.172. The monoisotopic (exact) mass is 269 g/mol. The number of aromatic nitrogens is 2. The highest BCUT2D eigenvalue weighted by molar-refractivity contribution is 7.80. The number of aryl methyl sites for hydroxylation is 2. The van der Waals surface area contributed by atoms with E-state index in [-0.39, 0.29) is 5.91 Å². The molecule has 0 spiro atoms. The van der Waals surface area contributed by atoms with Gasteiger partial charge in [0.15, 0.2) is 10.8 Å². The minimum atomic E-state index is -0.313. The summed E-state index contributed by atoms with van der Waals surface area (Å²) in [6, 6.07) is 1.71. The van der Waals surface area contributed by atoms with Crippen LogP contribution < -0.4 is 16.2 Å². The third-order valence-electron chi connectivity index (χ3n) is 2.31. The topological polar surface area (TPSA) is 71.0 Å². The maximum Gasteiger partial charge on any atom is 0.290 e. The molecule has 1 amide bonds. The fourth-order valence-electron chi connectivity index (χ4n) is 1.19. The van der Waals surface area contributed by atoms with E-state index in [9.17, 15) is 4.79 Å². The van der Waals surface area contributed by atoms with Crippen LogP contribution in [-0.2, 0) is 7.05 Å². The number of hydrogen-bond donors (Lipinski definition) is 3. The van der Waals surface area contributed by atoms with Gasteiger partial charge in [0, 0.05) is 19.3 Å². The van der Waals surface area contributed by atoms with Crippen molar-refractivity contribution in [2.45, 2.75) is 20.8 Å². The molecular weight excluding hydrogens is 250 g/mol. The minimum absolute atomic E-state index is 0.313. The summed E-state index contributed by atoms with van der Waals surface area (Å²) in [5, 5.41) is 7.44. The number of amides is 1. The van der Waals surface area contributed by atoms with Gasteiger partial charge in [0.25, 0.3) is 5.91 Å². The highest BCUT2D eigenvalue weighted by Crippen LogP contribution is 2.00. The molecule has 0 aliphatic heterocycles. The molecule has 0 saturated carbocycles. The molecule has 100 valence electrons. The lowest BCUT2D eigenvalue weighted by Gasteiger charge is -2.12. The first-order valence-corrected chi connectivity index (χ1v) is 6.15. The summed E-state index contributed by atoms with van der Waals surface area (Å²) >= 11 is 5.01. The van der Waals surface area contributed by atoms with Crippen molar-refractivity contribution in [1.29, 1.82) is 0 Å². The molecule has 6 nitrogen and oxygen atoms in total. The standard InChI is InChI=1S/C11H19N5OS/c1-7(2)6-12-11(18)14-13-10(17)9-5-8(3)16(4)15-9/h5,7H,6H2,1-4H3,(H,13,17)(H2,12,14,18). The van der Waals surface area contributed by atoms with Crippen molar-refractivity contribution < 1.29 is 4.79 Å². The van der Waals surface area contributed by atoms with Crippen molar-refractivity contribution >= 4 is 23.2 Å². The quantitative estimate of drug-likeness (QED) is 0.550. The van der Waals surface area contributed by atoms with Crippen LogP contribution in [0.1, 0.15) is 30.0 Å².